The molecule has 118 valence electrons. The van der Waals surface area contributed by atoms with Crippen LogP contribution in [-0.2, 0) is 6.42 Å². The van der Waals surface area contributed by atoms with Gasteiger partial charge >= 0.3 is 0 Å². The smallest absolute Gasteiger partial charge is 0.262 e. The molecular formula is C15H11Br2N3O3. The molecule has 1 aliphatic heterocycles. The molecule has 0 saturated heterocycles. The van der Waals surface area contributed by atoms with E-state index in [-0.39, 0.29) is 16.9 Å². The van der Waals surface area contributed by atoms with E-state index in [1.165, 1.54) is 4.57 Å². The maximum atomic E-state index is 12.5. The van der Waals surface area contributed by atoms with Crippen LogP contribution in [0.5, 0.6) is 0 Å². The fourth-order valence-electron chi connectivity index (χ4n) is 2.65. The number of nitrogen functional groups attached to an aromatic ring is 1. The number of hydrogen-bond donors (Lipinski definition) is 2. The average Bonchev–Trinajstić information content (AvgIpc) is 2.75. The van der Waals surface area contributed by atoms with E-state index in [0.29, 0.717) is 16.6 Å². The number of fused-ring (bicyclic) bond motifs is 1. The van der Waals surface area contributed by atoms with E-state index >= 15 is 0 Å². The summed E-state index contributed by atoms with van der Waals surface area (Å²) < 4.78 is 2.76. The van der Waals surface area contributed by atoms with Crippen LogP contribution < -0.4 is 16.6 Å². The predicted molar refractivity (Wildman–Crippen MR) is 93.0 cm³/mol. The number of rotatable bonds is 2. The Kier molecular flexibility index (Phi) is 3.89. The Hall–Kier alpha value is -1.93. The first-order chi connectivity index (χ1) is 10.8. The van der Waals surface area contributed by atoms with Crippen molar-refractivity contribution in [2.24, 2.45) is 0 Å². The number of nitrogens with two attached hydrogens (primary N) is 1. The maximum absolute atomic E-state index is 12.5. The molecule has 2 aromatic rings. The number of carbonyl (C=O) groups is 2. The van der Waals surface area contributed by atoms with Crippen LogP contribution in [0, 0.1) is 0 Å². The number of imide groups is 1. The first kappa shape index (κ1) is 15.9. The summed E-state index contributed by atoms with van der Waals surface area (Å²) in [5.74, 6) is -1.25. The van der Waals surface area contributed by atoms with Gasteiger partial charge in [-0.2, -0.15) is 0 Å². The van der Waals surface area contributed by atoms with Crippen LogP contribution in [0.2, 0.25) is 0 Å². The topological polar surface area (TPSA) is 94.2 Å². The van der Waals surface area contributed by atoms with Crippen molar-refractivity contribution in [1.29, 1.82) is 0 Å². The van der Waals surface area contributed by atoms with Crippen LogP contribution in [0.3, 0.4) is 0 Å². The van der Waals surface area contributed by atoms with E-state index in [0.717, 1.165) is 16.1 Å². The molecule has 1 aromatic carbocycles. The molecule has 0 radical (unpaired) electrons. The largest absolute Gasteiger partial charge is 0.384 e. The van der Waals surface area contributed by atoms with Crippen LogP contribution in [-0.4, -0.2) is 16.4 Å². The molecule has 0 unspecified atom stereocenters. The van der Waals surface area contributed by atoms with Crippen molar-refractivity contribution in [2.45, 2.75) is 13.3 Å². The summed E-state index contributed by atoms with van der Waals surface area (Å²) in [7, 11) is 0. The van der Waals surface area contributed by atoms with Crippen LogP contribution >= 0.6 is 31.9 Å². The Morgan fingerprint density at radius 2 is 1.83 bits per heavy atom. The number of aryl methyl sites for hydroxylation is 1. The Balaban J connectivity index is 2.41. The molecule has 0 saturated carbocycles. The number of benzene rings is 1. The third-order valence-electron chi connectivity index (χ3n) is 3.66. The average molecular weight is 441 g/mol. The molecule has 3 rings (SSSR count). The van der Waals surface area contributed by atoms with Gasteiger partial charge in [-0.05, 0) is 40.0 Å². The van der Waals surface area contributed by atoms with Crippen molar-refractivity contribution in [2.75, 3.05) is 5.73 Å². The second-order valence-electron chi connectivity index (χ2n) is 5.02. The lowest BCUT2D eigenvalue weighted by Gasteiger charge is -2.17. The molecule has 1 aromatic heterocycles. The summed E-state index contributed by atoms with van der Waals surface area (Å²) in [6, 6.07) is 4.81. The Morgan fingerprint density at radius 1 is 1.13 bits per heavy atom. The van der Waals surface area contributed by atoms with Crippen molar-refractivity contribution in [3.8, 4) is 5.69 Å². The molecule has 0 fully saturated rings. The third-order valence-corrected chi connectivity index (χ3v) is 4.73. The van der Waals surface area contributed by atoms with E-state index in [4.69, 9.17) is 5.73 Å². The summed E-state index contributed by atoms with van der Waals surface area (Å²) in [6.45, 7) is 1.95. The molecule has 6 nitrogen and oxygen atoms in total. The van der Waals surface area contributed by atoms with Crippen molar-refractivity contribution in [1.82, 2.24) is 9.88 Å². The fourth-order valence-corrected chi connectivity index (χ4v) is 4.14. The quantitative estimate of drug-likeness (QED) is 0.701. The molecule has 0 aliphatic carbocycles. The zero-order valence-electron chi connectivity index (χ0n) is 11.9. The monoisotopic (exact) mass is 439 g/mol. The number of pyridine rings is 1. The summed E-state index contributed by atoms with van der Waals surface area (Å²) >= 11 is 6.85. The molecule has 2 amide bonds. The van der Waals surface area contributed by atoms with Crippen molar-refractivity contribution in [3.63, 3.8) is 0 Å². The highest BCUT2D eigenvalue weighted by molar-refractivity contribution is 9.11. The van der Waals surface area contributed by atoms with E-state index in [9.17, 15) is 14.4 Å². The van der Waals surface area contributed by atoms with E-state index < -0.39 is 17.4 Å². The van der Waals surface area contributed by atoms with E-state index in [1.807, 2.05) is 13.0 Å². The number of amides is 2. The van der Waals surface area contributed by atoms with E-state index in [2.05, 4.69) is 37.2 Å². The first-order valence-corrected chi connectivity index (χ1v) is 8.33. The Bertz CT molecular complexity index is 935. The SMILES string of the molecule is CCc1cc(Br)cc(Br)c1-n1c(N)c2c(cc1=O)C(=O)NC2=O. The minimum atomic E-state index is -0.605. The Morgan fingerprint density at radius 3 is 2.48 bits per heavy atom. The van der Waals surface area contributed by atoms with Crippen LogP contribution in [0.4, 0.5) is 5.82 Å². The fraction of sp³-hybridized carbons (Fsp3) is 0.133. The van der Waals surface area contributed by atoms with Gasteiger partial charge in [-0.3, -0.25) is 24.3 Å². The first-order valence-electron chi connectivity index (χ1n) is 6.74. The molecule has 1 aliphatic rings. The maximum Gasteiger partial charge on any atom is 0.262 e. The van der Waals surface area contributed by atoms with E-state index in [1.54, 1.807) is 6.07 Å². The van der Waals surface area contributed by atoms with Crippen LogP contribution in [0.15, 0.2) is 31.9 Å². The Labute approximate surface area is 147 Å². The lowest BCUT2D eigenvalue weighted by atomic mass is 10.1. The van der Waals surface area contributed by atoms with Crippen molar-refractivity contribution in [3.05, 3.63) is 54.2 Å². The molecular weight excluding hydrogens is 430 g/mol. The molecule has 0 atom stereocenters. The number of aromatic nitrogens is 1. The lowest BCUT2D eigenvalue weighted by Crippen LogP contribution is -2.25. The van der Waals surface area contributed by atoms with Gasteiger partial charge in [0.05, 0.1) is 16.8 Å². The summed E-state index contributed by atoms with van der Waals surface area (Å²) in [4.78, 5) is 36.2. The highest BCUT2D eigenvalue weighted by Crippen LogP contribution is 2.32. The highest BCUT2D eigenvalue weighted by Gasteiger charge is 2.32. The number of anilines is 1. The van der Waals surface area contributed by atoms with Gasteiger partial charge in [0.15, 0.2) is 0 Å². The standard InChI is InChI=1S/C15H11Br2N3O3/c1-2-6-3-7(16)4-9(17)12(6)20-10(21)5-8-11(13(20)18)15(23)19-14(8)22/h3-5H,2,18H2,1H3,(H,19,22,23). The van der Waals surface area contributed by atoms with Crippen molar-refractivity contribution >= 4 is 49.5 Å². The lowest BCUT2D eigenvalue weighted by molar-refractivity contribution is 0.0880. The van der Waals surface area contributed by atoms with Gasteiger partial charge in [0.2, 0.25) is 0 Å². The van der Waals surface area contributed by atoms with Gasteiger partial charge in [-0.25, -0.2) is 0 Å². The molecule has 0 bridgehead atoms. The van der Waals surface area contributed by atoms with Gasteiger partial charge in [-0.1, -0.05) is 22.9 Å². The van der Waals surface area contributed by atoms with Gasteiger partial charge in [-0.15, -0.1) is 0 Å². The second kappa shape index (κ2) is 5.61. The number of nitrogens with one attached hydrogen (secondary N) is 1. The van der Waals surface area contributed by atoms with Crippen molar-refractivity contribution < 1.29 is 9.59 Å². The zero-order valence-corrected chi connectivity index (χ0v) is 15.1. The molecule has 2 heterocycles. The number of carbonyl (C=O) groups excluding carboxylic acids is 2. The van der Waals surface area contributed by atoms with Gasteiger partial charge in [0, 0.05) is 15.0 Å². The van der Waals surface area contributed by atoms with Crippen LogP contribution in [0.25, 0.3) is 5.69 Å². The molecule has 8 heteroatoms. The number of nitrogens with zero attached hydrogens (tertiary/aromatic N) is 1. The summed E-state index contributed by atoms with van der Waals surface area (Å²) in [6.07, 6.45) is 0.654. The van der Waals surface area contributed by atoms with Gasteiger partial charge in [0.1, 0.15) is 5.82 Å². The highest BCUT2D eigenvalue weighted by atomic mass is 79.9. The normalized spacial score (nSPS) is 13.2. The number of hydrogen-bond acceptors (Lipinski definition) is 4. The molecule has 3 N–H and O–H groups in total. The molecule has 0 spiro atoms. The minimum absolute atomic E-state index is 0.0139. The molecule has 23 heavy (non-hydrogen) atoms. The summed E-state index contributed by atoms with van der Waals surface area (Å²) in [5, 5.41) is 2.15. The zero-order chi connectivity index (χ0) is 16.9. The summed E-state index contributed by atoms with van der Waals surface area (Å²) in [5.41, 5.74) is 7.08. The van der Waals surface area contributed by atoms with Crippen LogP contribution in [0.1, 0.15) is 33.2 Å². The number of halogens is 2. The minimum Gasteiger partial charge on any atom is -0.384 e. The predicted octanol–water partition coefficient (Wildman–Crippen LogP) is 2.39. The van der Waals surface area contributed by atoms with Gasteiger partial charge < -0.3 is 5.73 Å². The second-order valence-corrected chi connectivity index (χ2v) is 6.79. The van der Waals surface area contributed by atoms with Gasteiger partial charge in [0.25, 0.3) is 17.4 Å². The third kappa shape index (κ3) is 2.42.